The summed E-state index contributed by atoms with van der Waals surface area (Å²) < 4.78 is 10.3. The van der Waals surface area contributed by atoms with Crippen molar-refractivity contribution in [3.8, 4) is 5.75 Å². The van der Waals surface area contributed by atoms with E-state index >= 15 is 0 Å². The van der Waals surface area contributed by atoms with E-state index in [1.807, 2.05) is 5.38 Å². The number of aromatic nitrogens is 1. The van der Waals surface area contributed by atoms with E-state index in [9.17, 15) is 4.79 Å². The number of benzene rings is 1. The van der Waals surface area contributed by atoms with Crippen molar-refractivity contribution in [3.63, 3.8) is 0 Å². The van der Waals surface area contributed by atoms with Crippen molar-refractivity contribution in [3.05, 3.63) is 41.4 Å². The molecule has 1 aromatic heterocycles. The summed E-state index contributed by atoms with van der Waals surface area (Å²) in [7, 11) is 1.61. The second kappa shape index (κ2) is 8.42. The van der Waals surface area contributed by atoms with Gasteiger partial charge in [-0.2, -0.15) is 0 Å². The van der Waals surface area contributed by atoms with Crippen molar-refractivity contribution in [2.75, 3.05) is 25.6 Å². The number of methoxy groups -OCH3 is 1. The number of rotatable bonds is 6. The largest absolute Gasteiger partial charge is 0.491 e. The molecule has 0 radical (unpaired) electrons. The van der Waals surface area contributed by atoms with Crippen LogP contribution in [-0.4, -0.2) is 36.3 Å². The molecule has 116 valence electrons. The lowest BCUT2D eigenvalue weighted by Gasteiger charge is -2.08. The first kappa shape index (κ1) is 16.3. The highest BCUT2D eigenvalue weighted by atomic mass is 32.1. The van der Waals surface area contributed by atoms with Gasteiger partial charge in [-0.3, -0.25) is 10.1 Å². The topological polar surface area (TPSA) is 72.5 Å². The molecule has 0 saturated heterocycles. The first-order valence-corrected chi connectivity index (χ1v) is 7.71. The van der Waals surface area contributed by atoms with Crippen LogP contribution in [0.4, 0.5) is 5.13 Å². The minimum absolute atomic E-state index is 0.209. The molecule has 0 aliphatic heterocycles. The minimum Gasteiger partial charge on any atom is -0.491 e. The van der Waals surface area contributed by atoms with Crippen LogP contribution in [0.5, 0.6) is 5.75 Å². The fourth-order valence-electron chi connectivity index (χ4n) is 1.53. The average molecular weight is 337 g/mol. The Labute approximate surface area is 137 Å². The Kier molecular flexibility index (Phi) is 6.26. The molecule has 0 unspecified atom stereocenters. The number of carbonyl (C=O) groups is 1. The maximum Gasteiger partial charge on any atom is 0.257 e. The molecule has 8 heteroatoms. The number of nitrogens with one attached hydrogen (secondary N) is 2. The number of hydrogen-bond donors (Lipinski definition) is 2. The first-order chi connectivity index (χ1) is 10.7. The summed E-state index contributed by atoms with van der Waals surface area (Å²) in [5.41, 5.74) is 0.488. The van der Waals surface area contributed by atoms with E-state index in [2.05, 4.69) is 15.6 Å². The quantitative estimate of drug-likeness (QED) is 0.622. The van der Waals surface area contributed by atoms with E-state index in [0.717, 1.165) is 0 Å². The Bertz CT molecular complexity index is 615. The molecule has 2 rings (SSSR count). The third-order valence-electron chi connectivity index (χ3n) is 2.55. The molecule has 2 aromatic rings. The summed E-state index contributed by atoms with van der Waals surface area (Å²) in [5.74, 6) is 0.384. The number of carbonyl (C=O) groups excluding carboxylic acids is 1. The van der Waals surface area contributed by atoms with Gasteiger partial charge in [-0.15, -0.1) is 11.3 Å². The number of ether oxygens (including phenoxy) is 2. The van der Waals surface area contributed by atoms with Crippen LogP contribution in [0.1, 0.15) is 10.4 Å². The van der Waals surface area contributed by atoms with Gasteiger partial charge in [0.15, 0.2) is 10.2 Å². The zero-order chi connectivity index (χ0) is 15.8. The van der Waals surface area contributed by atoms with Gasteiger partial charge < -0.3 is 14.8 Å². The first-order valence-electron chi connectivity index (χ1n) is 6.42. The Morgan fingerprint density at radius 3 is 2.73 bits per heavy atom. The Morgan fingerprint density at radius 2 is 2.09 bits per heavy atom. The number of anilines is 1. The van der Waals surface area contributed by atoms with E-state index in [-0.39, 0.29) is 11.0 Å². The SMILES string of the molecule is COCCOc1ccc(C(=O)NC(=S)Nc2nccs2)cc1. The fraction of sp³-hybridized carbons (Fsp3) is 0.214. The molecule has 0 saturated carbocycles. The number of thiocarbonyl (C=S) groups is 1. The third kappa shape index (κ3) is 5.06. The van der Waals surface area contributed by atoms with Gasteiger partial charge in [-0.1, -0.05) is 0 Å². The molecule has 0 fully saturated rings. The van der Waals surface area contributed by atoms with Crippen LogP contribution >= 0.6 is 23.6 Å². The summed E-state index contributed by atoms with van der Waals surface area (Å²) >= 11 is 6.46. The molecule has 1 amide bonds. The van der Waals surface area contributed by atoms with E-state index < -0.39 is 0 Å². The van der Waals surface area contributed by atoms with Crippen molar-refractivity contribution in [2.24, 2.45) is 0 Å². The molecule has 0 aliphatic rings. The van der Waals surface area contributed by atoms with Crippen molar-refractivity contribution in [2.45, 2.75) is 0 Å². The molecular formula is C14H15N3O3S2. The summed E-state index contributed by atoms with van der Waals surface area (Å²) in [5, 5.41) is 8.09. The second-order valence-corrected chi connectivity index (χ2v) is 5.41. The molecule has 0 atom stereocenters. The number of amides is 1. The van der Waals surface area contributed by atoms with Gasteiger partial charge >= 0.3 is 0 Å². The third-order valence-corrected chi connectivity index (χ3v) is 3.45. The molecule has 22 heavy (non-hydrogen) atoms. The van der Waals surface area contributed by atoms with Crippen LogP contribution in [0.15, 0.2) is 35.8 Å². The summed E-state index contributed by atoms with van der Waals surface area (Å²) in [6, 6.07) is 6.79. The number of hydrogen-bond acceptors (Lipinski definition) is 6. The van der Waals surface area contributed by atoms with Gasteiger partial charge in [0.1, 0.15) is 12.4 Å². The van der Waals surface area contributed by atoms with Crippen LogP contribution in [0.3, 0.4) is 0 Å². The van der Waals surface area contributed by atoms with Crippen LogP contribution in [0, 0.1) is 0 Å². The van der Waals surface area contributed by atoms with E-state index in [1.165, 1.54) is 11.3 Å². The monoisotopic (exact) mass is 337 g/mol. The van der Waals surface area contributed by atoms with Crippen LogP contribution in [-0.2, 0) is 4.74 Å². The van der Waals surface area contributed by atoms with Crippen LogP contribution in [0.2, 0.25) is 0 Å². The van der Waals surface area contributed by atoms with Crippen molar-refractivity contribution in [1.29, 1.82) is 0 Å². The average Bonchev–Trinajstić information content (AvgIpc) is 3.01. The van der Waals surface area contributed by atoms with Crippen molar-refractivity contribution < 1.29 is 14.3 Å². The maximum atomic E-state index is 12.0. The molecule has 0 spiro atoms. The predicted octanol–water partition coefficient (Wildman–Crippen LogP) is 2.30. The highest BCUT2D eigenvalue weighted by molar-refractivity contribution is 7.80. The number of nitrogens with zero attached hydrogens (tertiary/aromatic N) is 1. The van der Waals surface area contributed by atoms with Crippen molar-refractivity contribution in [1.82, 2.24) is 10.3 Å². The summed E-state index contributed by atoms with van der Waals surface area (Å²) in [6.45, 7) is 0.975. The minimum atomic E-state index is -0.294. The summed E-state index contributed by atoms with van der Waals surface area (Å²) in [4.78, 5) is 16.1. The molecule has 0 aliphatic carbocycles. The highest BCUT2D eigenvalue weighted by Crippen LogP contribution is 2.13. The van der Waals surface area contributed by atoms with Crippen molar-refractivity contribution >= 4 is 39.7 Å². The molecule has 1 aromatic carbocycles. The Balaban J connectivity index is 1.85. The highest BCUT2D eigenvalue weighted by Gasteiger charge is 2.08. The van der Waals surface area contributed by atoms with Gasteiger partial charge in [-0.25, -0.2) is 4.98 Å². The lowest BCUT2D eigenvalue weighted by atomic mass is 10.2. The Morgan fingerprint density at radius 1 is 1.32 bits per heavy atom. The smallest absolute Gasteiger partial charge is 0.257 e. The fourth-order valence-corrected chi connectivity index (χ4v) is 2.32. The van der Waals surface area contributed by atoms with Gasteiger partial charge in [0, 0.05) is 24.3 Å². The summed E-state index contributed by atoms with van der Waals surface area (Å²) in [6.07, 6.45) is 1.65. The second-order valence-electron chi connectivity index (χ2n) is 4.11. The molecular weight excluding hydrogens is 322 g/mol. The van der Waals surface area contributed by atoms with Crippen LogP contribution < -0.4 is 15.4 Å². The van der Waals surface area contributed by atoms with Gasteiger partial charge in [0.2, 0.25) is 0 Å². The standard InChI is InChI=1S/C14H15N3O3S2/c1-19-7-8-20-11-4-2-10(3-5-11)12(18)16-13(21)17-14-15-6-9-22-14/h2-6,9H,7-8H2,1H3,(H2,15,16,17,18,21). The molecule has 6 nitrogen and oxygen atoms in total. The van der Waals surface area contributed by atoms with Gasteiger partial charge in [-0.05, 0) is 36.5 Å². The van der Waals surface area contributed by atoms with Gasteiger partial charge in [0.05, 0.1) is 6.61 Å². The van der Waals surface area contributed by atoms with E-state index in [1.54, 1.807) is 37.6 Å². The van der Waals surface area contributed by atoms with Gasteiger partial charge in [0.25, 0.3) is 5.91 Å². The predicted molar refractivity (Wildman–Crippen MR) is 89.6 cm³/mol. The molecule has 1 heterocycles. The zero-order valence-electron chi connectivity index (χ0n) is 11.9. The van der Waals surface area contributed by atoms with E-state index in [4.69, 9.17) is 21.7 Å². The van der Waals surface area contributed by atoms with E-state index in [0.29, 0.717) is 29.7 Å². The zero-order valence-corrected chi connectivity index (χ0v) is 13.5. The lowest BCUT2D eigenvalue weighted by Crippen LogP contribution is -2.34. The Hall–Kier alpha value is -2.03. The molecule has 2 N–H and O–H groups in total. The lowest BCUT2D eigenvalue weighted by molar-refractivity contribution is 0.0977. The molecule has 0 bridgehead atoms. The van der Waals surface area contributed by atoms with Crippen LogP contribution in [0.25, 0.3) is 0 Å². The number of thiazole rings is 1. The normalized spacial score (nSPS) is 10.0. The maximum absolute atomic E-state index is 12.0.